The second-order valence-electron chi connectivity index (χ2n) is 2.79. The van der Waals surface area contributed by atoms with Crippen molar-refractivity contribution in [3.63, 3.8) is 0 Å². The summed E-state index contributed by atoms with van der Waals surface area (Å²) in [7, 11) is 0. The van der Waals surface area contributed by atoms with E-state index in [4.69, 9.17) is 4.84 Å². The van der Waals surface area contributed by atoms with Crippen LogP contribution in [0.1, 0.15) is 12.1 Å². The van der Waals surface area contributed by atoms with Gasteiger partial charge in [0.2, 0.25) is 5.95 Å². The number of nitrogens with zero attached hydrogens (tertiary/aromatic N) is 3. The molecule has 0 radical (unpaired) electrons. The Bertz CT molecular complexity index is 271. The SMILES string of the molecule is Cc1ccnc(N2CCCO2)n1. The molecule has 0 amide bonds. The highest BCUT2D eigenvalue weighted by Crippen LogP contribution is 2.12. The third kappa shape index (κ3) is 1.38. The van der Waals surface area contributed by atoms with E-state index in [1.54, 1.807) is 11.3 Å². The molecule has 4 nitrogen and oxygen atoms in total. The molecule has 0 aliphatic carbocycles. The summed E-state index contributed by atoms with van der Waals surface area (Å²) >= 11 is 0. The van der Waals surface area contributed by atoms with E-state index in [-0.39, 0.29) is 0 Å². The fourth-order valence-corrected chi connectivity index (χ4v) is 1.16. The van der Waals surface area contributed by atoms with E-state index in [0.29, 0.717) is 5.95 Å². The number of hydrogen-bond donors (Lipinski definition) is 0. The Morgan fingerprint density at radius 2 is 2.50 bits per heavy atom. The molecule has 0 atom stereocenters. The molecule has 0 bridgehead atoms. The number of aromatic nitrogens is 2. The fourth-order valence-electron chi connectivity index (χ4n) is 1.16. The lowest BCUT2D eigenvalue weighted by Gasteiger charge is -2.12. The maximum atomic E-state index is 5.30. The lowest BCUT2D eigenvalue weighted by atomic mass is 10.4. The molecule has 2 heterocycles. The van der Waals surface area contributed by atoms with Crippen molar-refractivity contribution in [2.45, 2.75) is 13.3 Å². The van der Waals surface area contributed by atoms with Gasteiger partial charge >= 0.3 is 0 Å². The van der Waals surface area contributed by atoms with E-state index in [9.17, 15) is 0 Å². The van der Waals surface area contributed by atoms with Crippen LogP contribution in [-0.2, 0) is 4.84 Å². The summed E-state index contributed by atoms with van der Waals surface area (Å²) in [4.78, 5) is 13.7. The predicted molar refractivity (Wildman–Crippen MR) is 44.7 cm³/mol. The molecule has 12 heavy (non-hydrogen) atoms. The maximum absolute atomic E-state index is 5.30. The molecular weight excluding hydrogens is 154 g/mol. The molecule has 1 aromatic heterocycles. The monoisotopic (exact) mass is 165 g/mol. The van der Waals surface area contributed by atoms with Gasteiger partial charge in [-0.1, -0.05) is 0 Å². The third-order valence-electron chi connectivity index (χ3n) is 1.76. The molecule has 1 aliphatic rings. The van der Waals surface area contributed by atoms with Crippen LogP contribution in [0.5, 0.6) is 0 Å². The normalized spacial score (nSPS) is 16.9. The molecule has 0 spiro atoms. The van der Waals surface area contributed by atoms with Crippen molar-refractivity contribution in [3.8, 4) is 0 Å². The average molecular weight is 165 g/mol. The number of hydrogen-bond acceptors (Lipinski definition) is 4. The molecule has 1 aromatic rings. The molecule has 0 N–H and O–H groups in total. The quantitative estimate of drug-likeness (QED) is 0.620. The summed E-state index contributed by atoms with van der Waals surface area (Å²) < 4.78 is 0. The number of aryl methyl sites for hydroxylation is 1. The first kappa shape index (κ1) is 7.49. The zero-order valence-corrected chi connectivity index (χ0v) is 7.03. The summed E-state index contributed by atoms with van der Waals surface area (Å²) in [6.07, 6.45) is 2.80. The first-order chi connectivity index (χ1) is 5.86. The van der Waals surface area contributed by atoms with Gasteiger partial charge < -0.3 is 0 Å². The van der Waals surface area contributed by atoms with Crippen molar-refractivity contribution in [1.82, 2.24) is 9.97 Å². The molecule has 64 valence electrons. The van der Waals surface area contributed by atoms with Crippen LogP contribution in [0.2, 0.25) is 0 Å². The van der Waals surface area contributed by atoms with Crippen molar-refractivity contribution in [3.05, 3.63) is 18.0 Å². The van der Waals surface area contributed by atoms with Gasteiger partial charge in [0.05, 0.1) is 13.2 Å². The van der Waals surface area contributed by atoms with Gasteiger partial charge in [-0.2, -0.15) is 0 Å². The van der Waals surface area contributed by atoms with Crippen LogP contribution in [0.25, 0.3) is 0 Å². The largest absolute Gasteiger partial charge is 0.271 e. The minimum Gasteiger partial charge on any atom is -0.271 e. The van der Waals surface area contributed by atoms with E-state index < -0.39 is 0 Å². The van der Waals surface area contributed by atoms with Gasteiger partial charge in [-0.05, 0) is 19.4 Å². The van der Waals surface area contributed by atoms with Gasteiger partial charge in [0, 0.05) is 11.9 Å². The van der Waals surface area contributed by atoms with Crippen LogP contribution in [0.3, 0.4) is 0 Å². The Morgan fingerprint density at radius 1 is 1.58 bits per heavy atom. The summed E-state index contributed by atoms with van der Waals surface area (Å²) in [6, 6.07) is 1.87. The molecule has 1 fully saturated rings. The van der Waals surface area contributed by atoms with Gasteiger partial charge in [0.25, 0.3) is 0 Å². The van der Waals surface area contributed by atoms with Crippen LogP contribution < -0.4 is 5.06 Å². The molecule has 1 aliphatic heterocycles. The second-order valence-corrected chi connectivity index (χ2v) is 2.79. The molecule has 0 saturated carbocycles. The highest BCUT2D eigenvalue weighted by molar-refractivity contribution is 5.26. The fraction of sp³-hybridized carbons (Fsp3) is 0.500. The van der Waals surface area contributed by atoms with Crippen LogP contribution >= 0.6 is 0 Å². The number of rotatable bonds is 1. The van der Waals surface area contributed by atoms with Crippen molar-refractivity contribution < 1.29 is 4.84 Å². The Kier molecular flexibility index (Phi) is 1.91. The Morgan fingerprint density at radius 3 is 3.17 bits per heavy atom. The van der Waals surface area contributed by atoms with E-state index in [0.717, 1.165) is 25.3 Å². The lowest BCUT2D eigenvalue weighted by Crippen LogP contribution is -2.19. The Hall–Kier alpha value is -1.16. The van der Waals surface area contributed by atoms with Gasteiger partial charge in [0.1, 0.15) is 0 Å². The standard InChI is InChI=1S/C8H11N3O/c1-7-3-4-9-8(10-7)11-5-2-6-12-11/h3-4H,2,5-6H2,1H3. The minimum atomic E-state index is 0.674. The molecular formula is C8H11N3O. The first-order valence-electron chi connectivity index (χ1n) is 4.06. The van der Waals surface area contributed by atoms with Gasteiger partial charge in [-0.3, -0.25) is 4.84 Å². The minimum absolute atomic E-state index is 0.674. The van der Waals surface area contributed by atoms with Crippen LogP contribution in [-0.4, -0.2) is 23.1 Å². The topological polar surface area (TPSA) is 38.2 Å². The van der Waals surface area contributed by atoms with Crippen LogP contribution in [0, 0.1) is 6.92 Å². The van der Waals surface area contributed by atoms with Gasteiger partial charge in [0.15, 0.2) is 0 Å². The van der Waals surface area contributed by atoms with E-state index in [2.05, 4.69) is 9.97 Å². The van der Waals surface area contributed by atoms with Crippen molar-refractivity contribution in [2.24, 2.45) is 0 Å². The van der Waals surface area contributed by atoms with Crippen molar-refractivity contribution in [2.75, 3.05) is 18.2 Å². The lowest BCUT2D eigenvalue weighted by molar-refractivity contribution is 0.164. The van der Waals surface area contributed by atoms with Crippen molar-refractivity contribution >= 4 is 5.95 Å². The second kappa shape index (κ2) is 3.06. The van der Waals surface area contributed by atoms with Crippen molar-refractivity contribution in [1.29, 1.82) is 0 Å². The molecule has 2 rings (SSSR count). The summed E-state index contributed by atoms with van der Waals surface area (Å²) in [6.45, 7) is 3.61. The maximum Gasteiger partial charge on any atom is 0.249 e. The van der Waals surface area contributed by atoms with Gasteiger partial charge in [-0.25, -0.2) is 15.0 Å². The average Bonchev–Trinajstić information content (AvgIpc) is 2.56. The Labute approximate surface area is 71.2 Å². The van der Waals surface area contributed by atoms with Gasteiger partial charge in [-0.15, -0.1) is 0 Å². The first-order valence-corrected chi connectivity index (χ1v) is 4.06. The number of anilines is 1. The van der Waals surface area contributed by atoms with Crippen LogP contribution in [0.15, 0.2) is 12.3 Å². The highest BCUT2D eigenvalue weighted by atomic mass is 16.7. The summed E-state index contributed by atoms with van der Waals surface area (Å²) in [5, 5.41) is 1.74. The predicted octanol–water partition coefficient (Wildman–Crippen LogP) is 0.927. The zero-order chi connectivity index (χ0) is 8.39. The van der Waals surface area contributed by atoms with E-state index in [1.165, 1.54) is 0 Å². The third-order valence-corrected chi connectivity index (χ3v) is 1.76. The smallest absolute Gasteiger partial charge is 0.249 e. The summed E-state index contributed by atoms with van der Waals surface area (Å²) in [5.74, 6) is 0.674. The summed E-state index contributed by atoms with van der Waals surface area (Å²) in [5.41, 5.74) is 0.968. The molecule has 0 aromatic carbocycles. The zero-order valence-electron chi connectivity index (χ0n) is 7.03. The molecule has 1 saturated heterocycles. The number of hydroxylamine groups is 1. The molecule has 4 heteroatoms. The molecule has 0 unspecified atom stereocenters. The van der Waals surface area contributed by atoms with E-state index in [1.807, 2.05) is 13.0 Å². The van der Waals surface area contributed by atoms with Crippen LogP contribution in [0.4, 0.5) is 5.95 Å². The Balaban J connectivity index is 2.21. The highest BCUT2D eigenvalue weighted by Gasteiger charge is 2.15. The van der Waals surface area contributed by atoms with E-state index >= 15 is 0 Å².